The highest BCUT2D eigenvalue weighted by molar-refractivity contribution is 5.13. The van der Waals surface area contributed by atoms with Crippen molar-refractivity contribution in [3.05, 3.63) is 0 Å². The van der Waals surface area contributed by atoms with E-state index in [1.165, 1.54) is 0 Å². The minimum absolute atomic E-state index is 0.128. The molecule has 0 radical (unpaired) electrons. The van der Waals surface area contributed by atoms with Gasteiger partial charge in [-0.15, -0.1) is 0 Å². The van der Waals surface area contributed by atoms with Crippen molar-refractivity contribution in [3.8, 4) is 0 Å². The fourth-order valence-electron chi connectivity index (χ4n) is 3.57. The molecule has 0 aromatic heterocycles. The van der Waals surface area contributed by atoms with Crippen molar-refractivity contribution in [2.45, 2.75) is 45.3 Å². The molecule has 2 N–H and O–H groups in total. The van der Waals surface area contributed by atoms with Crippen LogP contribution in [-0.2, 0) is 0 Å². The first-order valence-electron chi connectivity index (χ1n) is 4.79. The minimum atomic E-state index is -0.841. The Morgan fingerprint density at radius 3 is 2.00 bits per heavy atom. The van der Waals surface area contributed by atoms with Crippen molar-refractivity contribution in [2.24, 2.45) is 17.3 Å². The van der Waals surface area contributed by atoms with Crippen LogP contribution in [0.5, 0.6) is 0 Å². The highest BCUT2D eigenvalue weighted by Crippen LogP contribution is 2.61. The van der Waals surface area contributed by atoms with Gasteiger partial charge in [-0.25, -0.2) is 0 Å². The van der Waals surface area contributed by atoms with E-state index in [9.17, 15) is 10.2 Å². The van der Waals surface area contributed by atoms with E-state index in [-0.39, 0.29) is 11.3 Å². The van der Waals surface area contributed by atoms with E-state index >= 15 is 0 Å². The van der Waals surface area contributed by atoms with Crippen molar-refractivity contribution in [2.75, 3.05) is 0 Å². The summed E-state index contributed by atoms with van der Waals surface area (Å²) in [6.45, 7) is 6.11. The molecule has 0 amide bonds. The summed E-state index contributed by atoms with van der Waals surface area (Å²) in [4.78, 5) is 0. The zero-order valence-electron chi connectivity index (χ0n) is 8.04. The Labute approximate surface area is 73.6 Å². The smallest absolute Gasteiger partial charge is 0.0913 e. The molecule has 70 valence electrons. The maximum absolute atomic E-state index is 10.0. The molecule has 2 aliphatic carbocycles. The van der Waals surface area contributed by atoms with Crippen LogP contribution in [0.3, 0.4) is 0 Å². The van der Waals surface area contributed by atoms with E-state index in [1.54, 1.807) is 6.92 Å². The molecule has 2 aliphatic rings. The van der Waals surface area contributed by atoms with Gasteiger partial charge in [0.2, 0.25) is 0 Å². The molecule has 2 fully saturated rings. The number of aliphatic hydroxyl groups excluding tert-OH is 1. The zero-order chi connectivity index (χ0) is 9.15. The van der Waals surface area contributed by atoms with Crippen LogP contribution in [-0.4, -0.2) is 21.9 Å². The average molecular weight is 170 g/mol. The third-order valence-electron chi connectivity index (χ3n) is 4.31. The van der Waals surface area contributed by atoms with Gasteiger partial charge >= 0.3 is 0 Å². The molecule has 2 bridgehead atoms. The molecule has 2 rings (SSSR count). The van der Waals surface area contributed by atoms with Crippen molar-refractivity contribution >= 4 is 0 Å². The summed E-state index contributed by atoms with van der Waals surface area (Å²) >= 11 is 0. The van der Waals surface area contributed by atoms with Gasteiger partial charge < -0.3 is 10.2 Å². The molecule has 0 unspecified atom stereocenters. The first-order chi connectivity index (χ1) is 5.38. The third kappa shape index (κ3) is 0.728. The zero-order valence-corrected chi connectivity index (χ0v) is 8.04. The molecule has 0 heterocycles. The highest BCUT2D eigenvalue weighted by Gasteiger charge is 2.64. The van der Waals surface area contributed by atoms with Crippen LogP contribution in [0.2, 0.25) is 0 Å². The quantitative estimate of drug-likeness (QED) is 0.573. The van der Waals surface area contributed by atoms with Gasteiger partial charge in [-0.2, -0.15) is 0 Å². The predicted molar refractivity (Wildman–Crippen MR) is 46.6 cm³/mol. The lowest BCUT2D eigenvalue weighted by Crippen LogP contribution is -2.44. The minimum Gasteiger partial charge on any atom is -0.390 e. The summed E-state index contributed by atoms with van der Waals surface area (Å²) in [6.07, 6.45) is 1.64. The number of fused-ring (bicyclic) bond motifs is 2. The number of rotatable bonds is 0. The highest BCUT2D eigenvalue weighted by atomic mass is 16.3. The van der Waals surface area contributed by atoms with E-state index < -0.39 is 11.7 Å². The van der Waals surface area contributed by atoms with E-state index in [0.717, 1.165) is 12.8 Å². The SMILES string of the molecule is CC1(C)[C@@H]2CC[C@H]1[C@@](C)(O)[C@H]2O. The van der Waals surface area contributed by atoms with Crippen molar-refractivity contribution < 1.29 is 10.2 Å². The van der Waals surface area contributed by atoms with Crippen LogP contribution in [0.15, 0.2) is 0 Å². The second-order valence-corrected chi connectivity index (χ2v) is 5.23. The summed E-state index contributed by atoms with van der Waals surface area (Å²) in [5.41, 5.74) is -0.713. The van der Waals surface area contributed by atoms with Crippen molar-refractivity contribution in [1.82, 2.24) is 0 Å². The largest absolute Gasteiger partial charge is 0.390 e. The number of hydrogen-bond donors (Lipinski definition) is 2. The topological polar surface area (TPSA) is 40.5 Å². The van der Waals surface area contributed by atoms with Crippen LogP contribution >= 0.6 is 0 Å². The van der Waals surface area contributed by atoms with Gasteiger partial charge in [0.05, 0.1) is 11.7 Å². The molecule has 2 saturated carbocycles. The van der Waals surface area contributed by atoms with Gasteiger partial charge in [-0.1, -0.05) is 13.8 Å². The predicted octanol–water partition coefficient (Wildman–Crippen LogP) is 1.16. The van der Waals surface area contributed by atoms with Gasteiger partial charge in [0.15, 0.2) is 0 Å². The van der Waals surface area contributed by atoms with E-state index in [1.807, 2.05) is 0 Å². The number of aliphatic hydroxyl groups is 2. The van der Waals surface area contributed by atoms with Gasteiger partial charge in [-0.05, 0) is 37.0 Å². The summed E-state index contributed by atoms with van der Waals surface area (Å²) < 4.78 is 0. The Kier molecular flexibility index (Phi) is 1.45. The molecule has 12 heavy (non-hydrogen) atoms. The van der Waals surface area contributed by atoms with Crippen LogP contribution in [0.25, 0.3) is 0 Å². The van der Waals surface area contributed by atoms with Gasteiger partial charge in [0, 0.05) is 0 Å². The molecular formula is C10H18O2. The van der Waals surface area contributed by atoms with Crippen LogP contribution < -0.4 is 0 Å². The fourth-order valence-corrected chi connectivity index (χ4v) is 3.57. The summed E-state index contributed by atoms with van der Waals surface area (Å²) in [6, 6.07) is 0. The molecule has 0 aliphatic heterocycles. The Bertz CT molecular complexity index is 200. The maximum atomic E-state index is 10.0. The second kappa shape index (κ2) is 2.05. The summed E-state index contributed by atoms with van der Waals surface area (Å²) in [7, 11) is 0. The molecule has 0 spiro atoms. The lowest BCUT2D eigenvalue weighted by atomic mass is 9.79. The molecule has 4 atom stereocenters. The normalized spacial score (nSPS) is 56.2. The Hall–Kier alpha value is -0.0800. The monoisotopic (exact) mass is 170 g/mol. The second-order valence-electron chi connectivity index (χ2n) is 5.23. The molecular weight excluding hydrogens is 152 g/mol. The van der Waals surface area contributed by atoms with Crippen molar-refractivity contribution in [1.29, 1.82) is 0 Å². The first-order valence-corrected chi connectivity index (χ1v) is 4.79. The van der Waals surface area contributed by atoms with Gasteiger partial charge in [0.1, 0.15) is 0 Å². The van der Waals surface area contributed by atoms with E-state index in [4.69, 9.17) is 0 Å². The maximum Gasteiger partial charge on any atom is 0.0913 e. The Balaban J connectivity index is 2.40. The molecule has 0 aromatic rings. The van der Waals surface area contributed by atoms with E-state index in [0.29, 0.717) is 5.92 Å². The lowest BCUT2D eigenvalue weighted by molar-refractivity contribution is -0.0951. The average Bonchev–Trinajstić information content (AvgIpc) is 2.27. The molecule has 0 saturated heterocycles. The van der Waals surface area contributed by atoms with Crippen molar-refractivity contribution in [3.63, 3.8) is 0 Å². The van der Waals surface area contributed by atoms with Crippen LogP contribution in [0, 0.1) is 17.3 Å². The molecule has 0 aromatic carbocycles. The van der Waals surface area contributed by atoms with Gasteiger partial charge in [-0.3, -0.25) is 0 Å². The van der Waals surface area contributed by atoms with Crippen LogP contribution in [0.4, 0.5) is 0 Å². The fraction of sp³-hybridized carbons (Fsp3) is 1.00. The number of hydrogen-bond acceptors (Lipinski definition) is 2. The summed E-state index contributed by atoms with van der Waals surface area (Å²) in [5.74, 6) is 0.586. The lowest BCUT2D eigenvalue weighted by Gasteiger charge is -2.33. The third-order valence-corrected chi connectivity index (χ3v) is 4.31. The molecule has 2 nitrogen and oxygen atoms in total. The summed E-state index contributed by atoms with van der Waals surface area (Å²) in [5, 5.41) is 19.9. The Morgan fingerprint density at radius 2 is 1.75 bits per heavy atom. The molecule has 2 heteroatoms. The van der Waals surface area contributed by atoms with Gasteiger partial charge in [0.25, 0.3) is 0 Å². The first kappa shape index (κ1) is 8.52. The standard InChI is InChI=1S/C10H18O2/c1-9(2)6-4-5-7(9)10(3,12)8(6)11/h6-8,11-12H,4-5H2,1-3H3/t6-,7-,8+,10-/m1/s1. The van der Waals surface area contributed by atoms with E-state index in [2.05, 4.69) is 13.8 Å². The Morgan fingerprint density at radius 1 is 1.17 bits per heavy atom. The van der Waals surface area contributed by atoms with Crippen LogP contribution in [0.1, 0.15) is 33.6 Å².